The Morgan fingerprint density at radius 2 is 1.73 bits per heavy atom. The van der Waals surface area contributed by atoms with Crippen molar-refractivity contribution in [2.75, 3.05) is 25.9 Å². The molecule has 0 bridgehead atoms. The highest BCUT2D eigenvalue weighted by Gasteiger charge is 2.27. The maximum atomic E-state index is 13.1. The number of phenols is 1. The number of piperidine rings is 1. The monoisotopic (exact) mass is 637 g/mol. The molecule has 240 valence electrons. The number of likely N-dealkylation sites (tertiary alicyclic amines) is 1. The summed E-state index contributed by atoms with van der Waals surface area (Å²) in [4.78, 5) is 42.8. The Labute approximate surface area is 278 Å². The molecule has 0 aliphatic carbocycles. The van der Waals surface area contributed by atoms with Crippen molar-refractivity contribution in [3.63, 3.8) is 0 Å². The molecule has 0 spiro atoms. The van der Waals surface area contributed by atoms with Gasteiger partial charge in [-0.2, -0.15) is 0 Å². The molecule has 1 fully saturated rings. The van der Waals surface area contributed by atoms with Crippen LogP contribution in [0.3, 0.4) is 0 Å². The Bertz CT molecular complexity index is 2100. The summed E-state index contributed by atoms with van der Waals surface area (Å²) in [6.07, 6.45) is 3.91. The van der Waals surface area contributed by atoms with E-state index in [4.69, 9.17) is 15.7 Å². The number of carbonyl (C=O) groups is 2. The summed E-state index contributed by atoms with van der Waals surface area (Å²) >= 11 is 0. The van der Waals surface area contributed by atoms with Crippen LogP contribution in [-0.4, -0.2) is 72.8 Å². The maximum Gasteiger partial charge on any atom is 0.253 e. The smallest absolute Gasteiger partial charge is 0.253 e. The number of amides is 1. The van der Waals surface area contributed by atoms with Gasteiger partial charge in [0.15, 0.2) is 17.8 Å². The molecule has 3 aromatic carbocycles. The molecule has 10 heteroatoms. The highest BCUT2D eigenvalue weighted by molar-refractivity contribution is 5.96. The summed E-state index contributed by atoms with van der Waals surface area (Å²) in [6, 6.07) is 30.8. The number of hydrogen-bond donors (Lipinski definition) is 2. The Kier molecular flexibility index (Phi) is 8.39. The summed E-state index contributed by atoms with van der Waals surface area (Å²) in [5.41, 5.74) is 13.0. The van der Waals surface area contributed by atoms with Gasteiger partial charge >= 0.3 is 0 Å². The van der Waals surface area contributed by atoms with Crippen LogP contribution in [0.15, 0.2) is 103 Å². The van der Waals surface area contributed by atoms with Gasteiger partial charge in [-0.3, -0.25) is 19.1 Å². The Morgan fingerprint density at radius 3 is 2.46 bits per heavy atom. The van der Waals surface area contributed by atoms with E-state index in [-0.39, 0.29) is 23.3 Å². The minimum Gasteiger partial charge on any atom is -0.507 e. The first-order chi connectivity index (χ1) is 23.4. The summed E-state index contributed by atoms with van der Waals surface area (Å²) in [5, 5.41) is 9.80. The molecule has 7 rings (SSSR count). The minimum atomic E-state index is -0.156. The largest absolute Gasteiger partial charge is 0.507 e. The normalized spacial score (nSPS) is 13.9. The summed E-state index contributed by atoms with van der Waals surface area (Å²) in [6.45, 7) is 2.48. The predicted molar refractivity (Wildman–Crippen MR) is 186 cm³/mol. The molecule has 1 amide bonds. The third-order valence-corrected chi connectivity index (χ3v) is 9.08. The Balaban J connectivity index is 1.09. The second kappa shape index (κ2) is 13.1. The van der Waals surface area contributed by atoms with Gasteiger partial charge in [-0.15, -0.1) is 0 Å². The minimum absolute atomic E-state index is 0.0887. The van der Waals surface area contributed by atoms with Gasteiger partial charge in [-0.05, 0) is 73.0 Å². The van der Waals surface area contributed by atoms with E-state index < -0.39 is 0 Å². The lowest BCUT2D eigenvalue weighted by Crippen LogP contribution is -2.45. The van der Waals surface area contributed by atoms with Crippen LogP contribution in [0.25, 0.3) is 39.5 Å². The summed E-state index contributed by atoms with van der Waals surface area (Å²) in [7, 11) is 1.81. The number of carbonyl (C=O) groups excluding carboxylic acids is 2. The molecule has 0 atom stereocenters. The van der Waals surface area contributed by atoms with Crippen molar-refractivity contribution in [2.45, 2.75) is 25.4 Å². The fourth-order valence-corrected chi connectivity index (χ4v) is 6.38. The number of aldehydes is 1. The molecule has 10 nitrogen and oxygen atoms in total. The van der Waals surface area contributed by atoms with Crippen LogP contribution in [0.1, 0.15) is 39.1 Å². The number of fused-ring (bicyclic) bond motifs is 1. The first-order valence-electron chi connectivity index (χ1n) is 15.9. The molecule has 3 aromatic heterocycles. The van der Waals surface area contributed by atoms with Crippen molar-refractivity contribution >= 4 is 29.2 Å². The lowest BCUT2D eigenvalue weighted by Gasteiger charge is -2.37. The van der Waals surface area contributed by atoms with Crippen LogP contribution in [-0.2, 0) is 6.54 Å². The molecular formula is C38H35N7O3. The number of aromatic nitrogens is 4. The molecule has 1 aliphatic heterocycles. The van der Waals surface area contributed by atoms with Crippen molar-refractivity contribution in [1.29, 1.82) is 0 Å². The number of pyridine rings is 2. The average Bonchev–Trinajstić information content (AvgIpc) is 3.51. The Hall–Kier alpha value is -5.87. The van der Waals surface area contributed by atoms with Crippen LogP contribution in [0, 0.1) is 0 Å². The number of aromatic hydroxyl groups is 1. The molecule has 0 saturated carbocycles. The van der Waals surface area contributed by atoms with E-state index in [1.54, 1.807) is 24.2 Å². The van der Waals surface area contributed by atoms with Gasteiger partial charge < -0.3 is 15.7 Å². The number of rotatable bonds is 8. The quantitative estimate of drug-likeness (QED) is 0.195. The second-order valence-corrected chi connectivity index (χ2v) is 12.1. The average molecular weight is 638 g/mol. The molecule has 0 radical (unpaired) electrons. The number of imidazole rings is 1. The van der Waals surface area contributed by atoms with Gasteiger partial charge in [0.05, 0.1) is 16.8 Å². The van der Waals surface area contributed by atoms with E-state index in [9.17, 15) is 14.7 Å². The summed E-state index contributed by atoms with van der Waals surface area (Å²) in [5.74, 6) is 0.795. The maximum absolute atomic E-state index is 13.1. The van der Waals surface area contributed by atoms with E-state index in [0.29, 0.717) is 23.5 Å². The first kappa shape index (κ1) is 30.8. The molecule has 4 heterocycles. The number of phenolic OH excluding ortho intramolecular Hbond substituents is 1. The van der Waals surface area contributed by atoms with Crippen LogP contribution < -0.4 is 5.73 Å². The molecule has 1 aliphatic rings. The zero-order chi connectivity index (χ0) is 33.2. The molecule has 48 heavy (non-hydrogen) atoms. The number of benzene rings is 3. The number of nitrogen functional groups attached to an aromatic ring is 1. The predicted octanol–water partition coefficient (Wildman–Crippen LogP) is 5.99. The van der Waals surface area contributed by atoms with E-state index in [1.165, 1.54) is 17.7 Å². The molecular weight excluding hydrogens is 602 g/mol. The van der Waals surface area contributed by atoms with Gasteiger partial charge in [0.2, 0.25) is 0 Å². The third kappa shape index (κ3) is 6.01. The number of nitrogens with two attached hydrogens (primary N) is 1. The van der Waals surface area contributed by atoms with Gasteiger partial charge in [0, 0.05) is 55.7 Å². The Morgan fingerprint density at radius 1 is 0.958 bits per heavy atom. The van der Waals surface area contributed by atoms with Crippen LogP contribution in [0.2, 0.25) is 0 Å². The van der Waals surface area contributed by atoms with Crippen LogP contribution >= 0.6 is 0 Å². The van der Waals surface area contributed by atoms with Crippen LogP contribution in [0.5, 0.6) is 5.75 Å². The third-order valence-electron chi connectivity index (χ3n) is 9.08. The van der Waals surface area contributed by atoms with Gasteiger partial charge in [0.1, 0.15) is 17.1 Å². The number of anilines is 1. The number of hydrogen-bond acceptors (Lipinski definition) is 8. The van der Waals surface area contributed by atoms with E-state index in [2.05, 4.69) is 34.1 Å². The van der Waals surface area contributed by atoms with Crippen LogP contribution in [0.4, 0.5) is 5.82 Å². The summed E-state index contributed by atoms with van der Waals surface area (Å²) < 4.78 is 2.05. The topological polar surface area (TPSA) is 130 Å². The first-order valence-corrected chi connectivity index (χ1v) is 15.9. The van der Waals surface area contributed by atoms with Crippen molar-refractivity contribution < 1.29 is 14.7 Å². The SMILES string of the molecule is CN(C(=O)c1ccc(O)c(C=O)c1)C1CCN(Cc2ccc(-n3c(-c4cccnc4N)nc4ccc(-c5ccccc5)nc43)cc2)CC1. The molecule has 1 saturated heterocycles. The standard InChI is InChI=1S/C38H35N7O3/c1-43(38(48)27-11-16-34(47)28(22-27)24-46)29-17-20-44(21-18-29)23-25-9-12-30(13-10-25)45-36(31-8-5-19-40-35(31)39)42-33-15-14-32(41-37(33)45)26-6-3-2-4-7-26/h2-16,19,22,24,29,47H,17-18,20-21,23H2,1H3,(H2,39,40). The lowest BCUT2D eigenvalue weighted by molar-refractivity contribution is 0.0636. The second-order valence-electron chi connectivity index (χ2n) is 12.1. The number of nitrogens with zero attached hydrogens (tertiary/aromatic N) is 6. The fraction of sp³-hybridized carbons (Fsp3) is 0.184. The van der Waals surface area contributed by atoms with Crippen molar-refractivity contribution in [3.8, 4) is 34.1 Å². The van der Waals surface area contributed by atoms with Gasteiger partial charge in [-0.1, -0.05) is 42.5 Å². The molecule has 3 N–H and O–H groups in total. The van der Waals surface area contributed by atoms with E-state index >= 15 is 0 Å². The van der Waals surface area contributed by atoms with Crippen molar-refractivity contribution in [3.05, 3.63) is 120 Å². The van der Waals surface area contributed by atoms with E-state index in [0.717, 1.165) is 66.1 Å². The zero-order valence-corrected chi connectivity index (χ0v) is 26.5. The fourth-order valence-electron chi connectivity index (χ4n) is 6.38. The van der Waals surface area contributed by atoms with E-state index in [1.807, 2.05) is 59.2 Å². The van der Waals surface area contributed by atoms with Crippen molar-refractivity contribution in [2.24, 2.45) is 0 Å². The van der Waals surface area contributed by atoms with Gasteiger partial charge in [0.25, 0.3) is 5.91 Å². The lowest BCUT2D eigenvalue weighted by atomic mass is 10.0. The van der Waals surface area contributed by atoms with Gasteiger partial charge in [-0.25, -0.2) is 15.0 Å². The zero-order valence-electron chi connectivity index (χ0n) is 26.5. The van der Waals surface area contributed by atoms with Crippen molar-refractivity contribution in [1.82, 2.24) is 29.3 Å². The highest BCUT2D eigenvalue weighted by atomic mass is 16.3. The highest BCUT2D eigenvalue weighted by Crippen LogP contribution is 2.32. The molecule has 6 aromatic rings. The molecule has 0 unspecified atom stereocenters.